The number of ether oxygens (including phenoxy) is 2. The molecule has 0 aromatic heterocycles. The first-order chi connectivity index (χ1) is 9.78. The summed E-state index contributed by atoms with van der Waals surface area (Å²) < 4.78 is 10.1. The molecule has 4 heteroatoms. The Labute approximate surface area is 125 Å². The molecule has 0 spiro atoms. The van der Waals surface area contributed by atoms with Crippen LogP contribution in [0.1, 0.15) is 42.3 Å². The number of hydrogen-bond donors (Lipinski definition) is 0. The maximum atomic E-state index is 12.2. The molecule has 0 aliphatic heterocycles. The minimum atomic E-state index is -0.590. The fourth-order valence-corrected chi connectivity index (χ4v) is 1.81. The number of carbonyl (C=O) groups excluding carboxylic acids is 2. The van der Waals surface area contributed by atoms with Crippen molar-refractivity contribution in [2.45, 2.75) is 32.8 Å². The van der Waals surface area contributed by atoms with Gasteiger partial charge in [-0.1, -0.05) is 31.4 Å². The third-order valence-corrected chi connectivity index (χ3v) is 2.57. The van der Waals surface area contributed by atoms with Crippen molar-refractivity contribution in [1.29, 1.82) is 0 Å². The van der Waals surface area contributed by atoms with Gasteiger partial charge in [0, 0.05) is 0 Å². The molecule has 1 aromatic rings. The third-order valence-electron chi connectivity index (χ3n) is 2.57. The number of esters is 2. The summed E-state index contributed by atoms with van der Waals surface area (Å²) in [6.07, 6.45) is 2.65. The second-order valence-electron chi connectivity index (χ2n) is 5.42. The molecule has 0 saturated heterocycles. The lowest BCUT2D eigenvalue weighted by Crippen LogP contribution is -2.24. The fraction of sp³-hybridized carbons (Fsp3) is 0.294. The summed E-state index contributed by atoms with van der Waals surface area (Å²) >= 11 is 0. The maximum absolute atomic E-state index is 12.2. The minimum Gasteiger partial charge on any atom is -0.456 e. The normalized spacial score (nSPS) is 10.6. The van der Waals surface area contributed by atoms with Gasteiger partial charge >= 0.3 is 11.9 Å². The van der Waals surface area contributed by atoms with Crippen LogP contribution in [0, 0.1) is 0 Å². The molecule has 0 bridgehead atoms. The van der Waals surface area contributed by atoms with Crippen molar-refractivity contribution in [2.75, 3.05) is 0 Å². The average molecular weight is 288 g/mol. The van der Waals surface area contributed by atoms with Crippen LogP contribution in [-0.4, -0.2) is 17.5 Å². The van der Waals surface area contributed by atoms with E-state index in [2.05, 4.69) is 13.2 Å². The monoisotopic (exact) mass is 288 g/mol. The molecule has 0 unspecified atom stereocenters. The first-order valence-electron chi connectivity index (χ1n) is 6.56. The van der Waals surface area contributed by atoms with Crippen LogP contribution < -0.4 is 0 Å². The fourth-order valence-electron chi connectivity index (χ4n) is 1.81. The van der Waals surface area contributed by atoms with Crippen LogP contribution in [0.25, 0.3) is 6.08 Å². The molecule has 1 rings (SSSR count). The Bertz CT molecular complexity index is 565. The van der Waals surface area contributed by atoms with Crippen LogP contribution in [0.3, 0.4) is 0 Å². The first-order valence-corrected chi connectivity index (χ1v) is 6.56. The number of carbonyl (C=O) groups is 2. The highest BCUT2D eigenvalue weighted by atomic mass is 16.6. The summed E-state index contributed by atoms with van der Waals surface area (Å²) in [7, 11) is 0. The van der Waals surface area contributed by atoms with Gasteiger partial charge in [0.25, 0.3) is 0 Å². The summed E-state index contributed by atoms with van der Waals surface area (Å²) in [5.74, 6) is -0.897. The molecule has 0 saturated carbocycles. The quantitative estimate of drug-likeness (QED) is 0.614. The van der Waals surface area contributed by atoms with E-state index in [1.165, 1.54) is 6.08 Å². The molecule has 21 heavy (non-hydrogen) atoms. The van der Waals surface area contributed by atoms with Gasteiger partial charge in [-0.25, -0.2) is 4.79 Å². The summed E-state index contributed by atoms with van der Waals surface area (Å²) in [5.41, 5.74) is 1.02. The Kier molecular flexibility index (Phi) is 5.47. The van der Waals surface area contributed by atoms with Gasteiger partial charge in [0.2, 0.25) is 0 Å². The Morgan fingerprint density at radius 3 is 2.43 bits per heavy atom. The van der Waals surface area contributed by atoms with E-state index >= 15 is 0 Å². The topological polar surface area (TPSA) is 52.6 Å². The standard InChI is InChI=1S/C17H20O4/c1-6-13-12(11-15(18)20-7-2)9-8-10-14(13)16(19)21-17(3,4)5/h6-10H,1-2,11H2,3-5H3. The zero-order valence-electron chi connectivity index (χ0n) is 12.6. The highest BCUT2D eigenvalue weighted by Crippen LogP contribution is 2.21. The smallest absolute Gasteiger partial charge is 0.339 e. The molecule has 112 valence electrons. The van der Waals surface area contributed by atoms with Crippen LogP contribution in [0.2, 0.25) is 0 Å². The van der Waals surface area contributed by atoms with E-state index in [0.29, 0.717) is 16.7 Å². The van der Waals surface area contributed by atoms with E-state index in [-0.39, 0.29) is 6.42 Å². The molecule has 0 amide bonds. The molecular formula is C17H20O4. The first kappa shape index (κ1) is 16.7. The van der Waals surface area contributed by atoms with Crippen molar-refractivity contribution in [2.24, 2.45) is 0 Å². The van der Waals surface area contributed by atoms with Crippen molar-refractivity contribution in [3.05, 3.63) is 54.3 Å². The summed E-state index contributed by atoms with van der Waals surface area (Å²) in [6, 6.07) is 5.09. The van der Waals surface area contributed by atoms with Gasteiger partial charge in [0.05, 0.1) is 18.2 Å². The van der Waals surface area contributed by atoms with E-state index in [1.54, 1.807) is 39.0 Å². The molecule has 0 N–H and O–H groups in total. The largest absolute Gasteiger partial charge is 0.456 e. The Morgan fingerprint density at radius 1 is 1.24 bits per heavy atom. The molecule has 0 fully saturated rings. The predicted octanol–water partition coefficient (Wildman–Crippen LogP) is 3.51. The molecule has 0 aliphatic carbocycles. The minimum absolute atomic E-state index is 0.0318. The van der Waals surface area contributed by atoms with Crippen molar-refractivity contribution < 1.29 is 19.1 Å². The maximum Gasteiger partial charge on any atom is 0.339 e. The van der Waals surface area contributed by atoms with Gasteiger partial charge in [-0.15, -0.1) is 0 Å². The van der Waals surface area contributed by atoms with Crippen molar-refractivity contribution in [1.82, 2.24) is 0 Å². The third kappa shape index (κ3) is 4.91. The summed E-state index contributed by atoms with van der Waals surface area (Å²) in [5, 5.41) is 0. The van der Waals surface area contributed by atoms with Gasteiger partial charge in [0.1, 0.15) is 5.60 Å². The second-order valence-corrected chi connectivity index (χ2v) is 5.42. The van der Waals surface area contributed by atoms with Crippen LogP contribution in [-0.2, 0) is 20.7 Å². The van der Waals surface area contributed by atoms with Crippen LogP contribution in [0.5, 0.6) is 0 Å². The lowest BCUT2D eigenvalue weighted by molar-refractivity contribution is -0.137. The molecular weight excluding hydrogens is 268 g/mol. The second kappa shape index (κ2) is 6.88. The van der Waals surface area contributed by atoms with Crippen molar-refractivity contribution >= 4 is 18.0 Å². The molecule has 4 nitrogen and oxygen atoms in total. The molecule has 1 aromatic carbocycles. The van der Waals surface area contributed by atoms with E-state index in [4.69, 9.17) is 9.47 Å². The van der Waals surface area contributed by atoms with E-state index < -0.39 is 17.5 Å². The Hall–Kier alpha value is -2.36. The molecule has 0 radical (unpaired) electrons. The molecule has 0 atom stereocenters. The highest BCUT2D eigenvalue weighted by molar-refractivity contribution is 5.95. The molecule has 0 aliphatic rings. The van der Waals surface area contributed by atoms with Crippen LogP contribution >= 0.6 is 0 Å². The zero-order valence-corrected chi connectivity index (χ0v) is 12.6. The van der Waals surface area contributed by atoms with Gasteiger partial charge in [0.15, 0.2) is 0 Å². The SMILES string of the molecule is C=COC(=O)Cc1cccc(C(=O)OC(C)(C)C)c1C=C. The van der Waals surface area contributed by atoms with Crippen LogP contribution in [0.15, 0.2) is 37.6 Å². The van der Waals surface area contributed by atoms with Gasteiger partial charge < -0.3 is 9.47 Å². The number of benzene rings is 1. The van der Waals surface area contributed by atoms with Gasteiger partial charge in [-0.2, -0.15) is 0 Å². The lowest BCUT2D eigenvalue weighted by atomic mass is 9.98. The van der Waals surface area contributed by atoms with Gasteiger partial charge in [-0.3, -0.25) is 4.79 Å². The van der Waals surface area contributed by atoms with Crippen molar-refractivity contribution in [3.8, 4) is 0 Å². The summed E-state index contributed by atoms with van der Waals surface area (Å²) in [6.45, 7) is 12.4. The summed E-state index contributed by atoms with van der Waals surface area (Å²) in [4.78, 5) is 23.7. The zero-order chi connectivity index (χ0) is 16.0. The molecule has 0 heterocycles. The lowest BCUT2D eigenvalue weighted by Gasteiger charge is -2.20. The van der Waals surface area contributed by atoms with Gasteiger partial charge in [-0.05, 0) is 38.0 Å². The number of rotatable bonds is 5. The van der Waals surface area contributed by atoms with E-state index in [0.717, 1.165) is 6.26 Å². The average Bonchev–Trinajstić information content (AvgIpc) is 2.36. The number of hydrogen-bond acceptors (Lipinski definition) is 4. The van der Waals surface area contributed by atoms with Crippen LogP contribution in [0.4, 0.5) is 0 Å². The van der Waals surface area contributed by atoms with Crippen molar-refractivity contribution in [3.63, 3.8) is 0 Å². The Morgan fingerprint density at radius 2 is 1.90 bits per heavy atom. The van der Waals surface area contributed by atoms with E-state index in [1.807, 2.05) is 0 Å². The van der Waals surface area contributed by atoms with E-state index in [9.17, 15) is 9.59 Å². The predicted molar refractivity (Wildman–Crippen MR) is 81.7 cm³/mol. The Balaban J connectivity index is 3.12. The highest BCUT2D eigenvalue weighted by Gasteiger charge is 2.21.